The minimum Gasteiger partial charge on any atom is -0.351 e. The van der Waals surface area contributed by atoms with Crippen LogP contribution in [0.3, 0.4) is 0 Å². The van der Waals surface area contributed by atoms with Gasteiger partial charge in [-0.25, -0.2) is 4.98 Å². The van der Waals surface area contributed by atoms with Gasteiger partial charge in [0.25, 0.3) is 5.91 Å². The molecule has 0 saturated carbocycles. The fourth-order valence-corrected chi connectivity index (χ4v) is 6.01. The minimum absolute atomic E-state index is 0.0234. The fraction of sp³-hybridized carbons (Fsp3) is 0.417. The number of anilines is 1. The van der Waals surface area contributed by atoms with E-state index in [0.717, 1.165) is 59.6 Å². The fourth-order valence-electron chi connectivity index (χ4n) is 4.02. The van der Waals surface area contributed by atoms with Crippen molar-refractivity contribution in [1.29, 1.82) is 0 Å². The third kappa shape index (κ3) is 5.22. The zero-order valence-electron chi connectivity index (χ0n) is 18.5. The number of amides is 1. The van der Waals surface area contributed by atoms with Gasteiger partial charge in [-0.1, -0.05) is 36.5 Å². The summed E-state index contributed by atoms with van der Waals surface area (Å²) >= 11 is 3.51. The van der Waals surface area contributed by atoms with Gasteiger partial charge in [-0.15, -0.1) is 11.8 Å². The van der Waals surface area contributed by atoms with Gasteiger partial charge in [-0.05, 0) is 48.9 Å². The topological polar surface area (TPSA) is 48.5 Å². The highest BCUT2D eigenvalue weighted by molar-refractivity contribution is 7.99. The first-order valence-electron chi connectivity index (χ1n) is 10.9. The first kappa shape index (κ1) is 22.1. The Labute approximate surface area is 192 Å². The number of benzene rings is 2. The first-order valence-corrected chi connectivity index (χ1v) is 12.7. The van der Waals surface area contributed by atoms with Crippen molar-refractivity contribution < 1.29 is 4.79 Å². The number of nitrogens with zero attached hydrogens (tertiary/aromatic N) is 3. The quantitative estimate of drug-likeness (QED) is 0.530. The van der Waals surface area contributed by atoms with Crippen molar-refractivity contribution >= 4 is 44.4 Å². The van der Waals surface area contributed by atoms with E-state index in [4.69, 9.17) is 4.98 Å². The van der Waals surface area contributed by atoms with Gasteiger partial charge in [0.2, 0.25) is 0 Å². The van der Waals surface area contributed by atoms with E-state index in [0.29, 0.717) is 6.54 Å². The number of hydrogen-bond acceptors (Lipinski definition) is 6. The summed E-state index contributed by atoms with van der Waals surface area (Å²) < 4.78 is 1.28. The normalized spacial score (nSPS) is 14.9. The first-order chi connectivity index (χ1) is 15.0. The number of fused-ring (bicyclic) bond motifs is 1. The average molecular weight is 455 g/mol. The van der Waals surface area contributed by atoms with Crippen LogP contribution in [0.2, 0.25) is 0 Å². The molecule has 1 aliphatic rings. The third-order valence-electron chi connectivity index (χ3n) is 5.61. The zero-order valence-corrected chi connectivity index (χ0v) is 20.1. The summed E-state index contributed by atoms with van der Waals surface area (Å²) in [5.74, 6) is 0.984. The maximum absolute atomic E-state index is 12.6. The minimum atomic E-state index is 0.0234. The predicted molar refractivity (Wildman–Crippen MR) is 133 cm³/mol. The number of thioether (sulfide) groups is 1. The van der Waals surface area contributed by atoms with Crippen molar-refractivity contribution in [3.8, 4) is 0 Å². The average Bonchev–Trinajstić information content (AvgIpc) is 3.19. The number of piperazine rings is 1. The lowest BCUT2D eigenvalue weighted by Gasteiger charge is -2.34. The van der Waals surface area contributed by atoms with Crippen molar-refractivity contribution in [2.24, 2.45) is 0 Å². The molecule has 1 aliphatic heterocycles. The Balaban J connectivity index is 1.27. The van der Waals surface area contributed by atoms with Crippen LogP contribution in [0.15, 0.2) is 41.3 Å². The largest absolute Gasteiger partial charge is 0.351 e. The van der Waals surface area contributed by atoms with Gasteiger partial charge in [-0.2, -0.15) is 0 Å². The Kier molecular flexibility index (Phi) is 7.15. The Morgan fingerprint density at radius 2 is 1.94 bits per heavy atom. The molecule has 0 spiro atoms. The zero-order chi connectivity index (χ0) is 21.8. The Morgan fingerprint density at radius 3 is 2.71 bits per heavy atom. The Hall–Kier alpha value is -2.09. The number of carbonyl (C=O) groups is 1. The molecule has 4 rings (SSSR count). The molecule has 0 radical (unpaired) electrons. The van der Waals surface area contributed by atoms with E-state index in [1.165, 1.54) is 15.8 Å². The summed E-state index contributed by atoms with van der Waals surface area (Å²) in [4.78, 5) is 23.4. The van der Waals surface area contributed by atoms with Crippen LogP contribution in [-0.4, -0.2) is 60.8 Å². The van der Waals surface area contributed by atoms with Gasteiger partial charge in [0, 0.05) is 44.2 Å². The van der Waals surface area contributed by atoms with Crippen molar-refractivity contribution in [2.75, 3.05) is 49.9 Å². The highest BCUT2D eigenvalue weighted by atomic mass is 32.2. The van der Waals surface area contributed by atoms with Gasteiger partial charge in [0.1, 0.15) is 0 Å². The van der Waals surface area contributed by atoms with E-state index in [1.54, 1.807) is 23.1 Å². The molecule has 0 bridgehead atoms. The summed E-state index contributed by atoms with van der Waals surface area (Å²) in [7, 11) is 0. The maximum Gasteiger partial charge on any atom is 0.252 e. The SMILES string of the molecule is CCSc1ccccc1C(=O)NCCN1CCN(c2nc3c(C)cc(C)cc3s2)CC1. The molecule has 3 aromatic rings. The number of carbonyl (C=O) groups excluding carboxylic acids is 1. The van der Waals surface area contributed by atoms with Crippen LogP contribution in [0.1, 0.15) is 28.4 Å². The molecule has 0 atom stereocenters. The summed E-state index contributed by atoms with van der Waals surface area (Å²) in [5, 5.41) is 4.23. The van der Waals surface area contributed by atoms with E-state index in [1.807, 2.05) is 24.3 Å². The van der Waals surface area contributed by atoms with E-state index in [2.05, 4.69) is 48.0 Å². The molecule has 2 aromatic carbocycles. The smallest absolute Gasteiger partial charge is 0.252 e. The lowest BCUT2D eigenvalue weighted by atomic mass is 10.1. The second-order valence-corrected chi connectivity index (χ2v) is 10.3. The molecular formula is C24H30N4OS2. The highest BCUT2D eigenvalue weighted by Gasteiger charge is 2.20. The Bertz CT molecular complexity index is 1060. The third-order valence-corrected chi connectivity index (χ3v) is 7.63. The highest BCUT2D eigenvalue weighted by Crippen LogP contribution is 2.32. The molecule has 5 nitrogen and oxygen atoms in total. The lowest BCUT2D eigenvalue weighted by Crippen LogP contribution is -2.48. The molecule has 1 N–H and O–H groups in total. The van der Waals surface area contributed by atoms with Crippen LogP contribution in [0.25, 0.3) is 10.2 Å². The van der Waals surface area contributed by atoms with Crippen LogP contribution in [0, 0.1) is 13.8 Å². The number of aromatic nitrogens is 1. The Morgan fingerprint density at radius 1 is 1.16 bits per heavy atom. The number of nitrogens with one attached hydrogen (secondary N) is 1. The molecule has 1 fully saturated rings. The molecule has 0 aliphatic carbocycles. The van der Waals surface area contributed by atoms with Gasteiger partial charge in [0.05, 0.1) is 15.8 Å². The van der Waals surface area contributed by atoms with Crippen molar-refractivity contribution in [2.45, 2.75) is 25.7 Å². The van der Waals surface area contributed by atoms with Gasteiger partial charge < -0.3 is 10.2 Å². The molecule has 1 amide bonds. The van der Waals surface area contributed by atoms with E-state index < -0.39 is 0 Å². The van der Waals surface area contributed by atoms with Crippen LogP contribution in [0.5, 0.6) is 0 Å². The molecule has 164 valence electrons. The monoisotopic (exact) mass is 454 g/mol. The maximum atomic E-state index is 12.6. The molecule has 0 unspecified atom stereocenters. The summed E-state index contributed by atoms with van der Waals surface area (Å²) in [6.07, 6.45) is 0. The van der Waals surface area contributed by atoms with Crippen LogP contribution < -0.4 is 10.2 Å². The number of aryl methyl sites for hydroxylation is 2. The molecule has 1 saturated heterocycles. The van der Waals surface area contributed by atoms with E-state index >= 15 is 0 Å². The molecule has 31 heavy (non-hydrogen) atoms. The summed E-state index contributed by atoms with van der Waals surface area (Å²) in [6, 6.07) is 12.3. The number of thiazole rings is 1. The number of hydrogen-bond donors (Lipinski definition) is 1. The van der Waals surface area contributed by atoms with Gasteiger partial charge >= 0.3 is 0 Å². The van der Waals surface area contributed by atoms with Crippen LogP contribution in [0.4, 0.5) is 5.13 Å². The molecule has 1 aromatic heterocycles. The lowest BCUT2D eigenvalue weighted by molar-refractivity contribution is 0.0945. The van der Waals surface area contributed by atoms with E-state index in [9.17, 15) is 4.79 Å². The van der Waals surface area contributed by atoms with Gasteiger partial charge in [-0.3, -0.25) is 9.69 Å². The summed E-state index contributed by atoms with van der Waals surface area (Å²) in [6.45, 7) is 11.9. The van der Waals surface area contributed by atoms with Crippen molar-refractivity contribution in [1.82, 2.24) is 15.2 Å². The second kappa shape index (κ2) is 10.0. The summed E-state index contributed by atoms with van der Waals surface area (Å²) in [5.41, 5.74) is 4.46. The van der Waals surface area contributed by atoms with Crippen molar-refractivity contribution in [3.05, 3.63) is 53.1 Å². The van der Waals surface area contributed by atoms with Crippen LogP contribution in [-0.2, 0) is 0 Å². The predicted octanol–water partition coefficient (Wildman–Crippen LogP) is 4.58. The molecular weight excluding hydrogens is 424 g/mol. The van der Waals surface area contributed by atoms with Crippen LogP contribution >= 0.6 is 23.1 Å². The van der Waals surface area contributed by atoms with Gasteiger partial charge in [0.15, 0.2) is 5.13 Å². The standard InChI is InChI=1S/C24H30N4OS2/c1-4-30-20-8-6-5-7-19(20)23(29)25-9-10-27-11-13-28(14-12-27)24-26-22-18(3)15-17(2)16-21(22)31-24/h5-8,15-16H,4,9-14H2,1-3H3,(H,25,29). The number of rotatable bonds is 7. The second-order valence-electron chi connectivity index (χ2n) is 7.94. The van der Waals surface area contributed by atoms with Crippen molar-refractivity contribution in [3.63, 3.8) is 0 Å². The molecule has 7 heteroatoms. The van der Waals surface area contributed by atoms with E-state index in [-0.39, 0.29) is 5.91 Å². The molecule has 2 heterocycles.